The van der Waals surface area contributed by atoms with Crippen molar-refractivity contribution < 1.29 is 14.5 Å². The number of nitriles is 1. The number of alkyl halides is 1. The highest BCUT2D eigenvalue weighted by atomic mass is 79.9. The molecule has 0 atom stereocenters. The molecule has 6 nitrogen and oxygen atoms in total. The van der Waals surface area contributed by atoms with Gasteiger partial charge in [0.05, 0.1) is 23.2 Å². The van der Waals surface area contributed by atoms with Gasteiger partial charge < -0.3 is 4.74 Å². The third-order valence-electron chi connectivity index (χ3n) is 2.07. The Bertz CT molecular complexity index is 522. The third kappa shape index (κ3) is 2.60. The van der Waals surface area contributed by atoms with Gasteiger partial charge in [0, 0.05) is 17.5 Å². The Balaban J connectivity index is 3.54. The van der Waals surface area contributed by atoms with Crippen LogP contribution < -0.4 is 0 Å². The van der Waals surface area contributed by atoms with Crippen molar-refractivity contribution in [3.05, 3.63) is 38.9 Å². The number of hydrogen-bond donors (Lipinski definition) is 0. The number of benzene rings is 1. The van der Waals surface area contributed by atoms with Gasteiger partial charge in [-0.15, -0.1) is 0 Å². The average Bonchev–Trinajstić information content (AvgIpc) is 2.35. The minimum atomic E-state index is -0.689. The van der Waals surface area contributed by atoms with Gasteiger partial charge in [-0.25, -0.2) is 4.79 Å². The molecule has 7 heteroatoms. The van der Waals surface area contributed by atoms with Crippen molar-refractivity contribution in [2.75, 3.05) is 7.11 Å². The second-order valence-electron chi connectivity index (χ2n) is 3.02. The second-order valence-corrected chi connectivity index (χ2v) is 3.58. The molecule has 1 rings (SSSR count). The van der Waals surface area contributed by atoms with Gasteiger partial charge in [-0.05, 0) is 5.56 Å². The molecule has 17 heavy (non-hydrogen) atoms. The molecule has 0 aliphatic rings. The van der Waals surface area contributed by atoms with Crippen molar-refractivity contribution in [2.24, 2.45) is 0 Å². The number of carbonyl (C=O) groups is 1. The molecule has 0 saturated carbocycles. The molecule has 0 aliphatic heterocycles. The summed E-state index contributed by atoms with van der Waals surface area (Å²) in [6.45, 7) is 0. The quantitative estimate of drug-likeness (QED) is 0.369. The number of ether oxygens (including phenoxy) is 1. The molecule has 0 bridgehead atoms. The fourth-order valence-electron chi connectivity index (χ4n) is 1.33. The topological polar surface area (TPSA) is 93.2 Å². The highest BCUT2D eigenvalue weighted by Gasteiger charge is 2.21. The van der Waals surface area contributed by atoms with Crippen molar-refractivity contribution in [1.82, 2.24) is 0 Å². The molecule has 0 spiro atoms. The van der Waals surface area contributed by atoms with E-state index in [-0.39, 0.29) is 22.1 Å². The first-order valence-corrected chi connectivity index (χ1v) is 5.53. The molecule has 0 N–H and O–H groups in total. The van der Waals surface area contributed by atoms with E-state index < -0.39 is 10.9 Å². The molecule has 0 fully saturated rings. The Labute approximate surface area is 105 Å². The summed E-state index contributed by atoms with van der Waals surface area (Å²) in [6, 6.07) is 4.05. The number of hydrogen-bond acceptors (Lipinski definition) is 5. The van der Waals surface area contributed by atoms with Crippen LogP contribution in [-0.4, -0.2) is 18.0 Å². The van der Waals surface area contributed by atoms with Gasteiger partial charge in [0.15, 0.2) is 0 Å². The maximum absolute atomic E-state index is 11.5. The normalized spacial score (nSPS) is 9.47. The van der Waals surface area contributed by atoms with Crippen LogP contribution in [0.5, 0.6) is 0 Å². The van der Waals surface area contributed by atoms with Crippen LogP contribution in [0.25, 0.3) is 0 Å². The van der Waals surface area contributed by atoms with Crippen LogP contribution in [-0.2, 0) is 10.1 Å². The monoisotopic (exact) mass is 298 g/mol. The van der Waals surface area contributed by atoms with Gasteiger partial charge in [-0.3, -0.25) is 10.1 Å². The molecule has 0 aliphatic carbocycles. The standard InChI is InChI=1S/C10H7BrN2O4/c1-17-10(14)9-6(4-11)2-8(13(15)16)3-7(9)5-12/h2-3H,4H2,1H3. The fraction of sp³-hybridized carbons (Fsp3) is 0.200. The summed E-state index contributed by atoms with van der Waals surface area (Å²) >= 11 is 3.11. The van der Waals surface area contributed by atoms with Crippen LogP contribution in [0.3, 0.4) is 0 Å². The van der Waals surface area contributed by atoms with E-state index in [1.165, 1.54) is 13.2 Å². The molecular weight excluding hydrogens is 292 g/mol. The third-order valence-corrected chi connectivity index (χ3v) is 2.67. The van der Waals surface area contributed by atoms with Gasteiger partial charge in [0.25, 0.3) is 5.69 Å². The van der Waals surface area contributed by atoms with Crippen LogP contribution in [0.2, 0.25) is 0 Å². The first kappa shape index (κ1) is 13.1. The number of halogens is 1. The molecule has 0 heterocycles. The van der Waals surface area contributed by atoms with E-state index >= 15 is 0 Å². The van der Waals surface area contributed by atoms with Crippen LogP contribution in [0.4, 0.5) is 5.69 Å². The van der Waals surface area contributed by atoms with E-state index in [1.807, 2.05) is 0 Å². The number of carbonyl (C=O) groups excluding carboxylic acids is 1. The van der Waals surface area contributed by atoms with Gasteiger partial charge in [-0.1, -0.05) is 15.9 Å². The maximum atomic E-state index is 11.5. The van der Waals surface area contributed by atoms with Gasteiger partial charge in [0.2, 0.25) is 0 Å². The molecule has 0 radical (unpaired) electrons. The number of nitro groups is 1. The van der Waals surface area contributed by atoms with E-state index in [4.69, 9.17) is 5.26 Å². The Morgan fingerprint density at radius 3 is 2.71 bits per heavy atom. The van der Waals surface area contributed by atoms with E-state index in [2.05, 4.69) is 20.7 Å². The summed E-state index contributed by atoms with van der Waals surface area (Å²) in [5.41, 5.74) is 0.101. The highest BCUT2D eigenvalue weighted by molar-refractivity contribution is 9.08. The largest absolute Gasteiger partial charge is 0.465 e. The van der Waals surface area contributed by atoms with Gasteiger partial charge in [-0.2, -0.15) is 5.26 Å². The maximum Gasteiger partial charge on any atom is 0.339 e. The van der Waals surface area contributed by atoms with E-state index in [0.29, 0.717) is 5.56 Å². The first-order valence-electron chi connectivity index (χ1n) is 4.40. The smallest absolute Gasteiger partial charge is 0.339 e. The Morgan fingerprint density at radius 2 is 2.29 bits per heavy atom. The zero-order chi connectivity index (χ0) is 13.0. The molecule has 0 unspecified atom stereocenters. The van der Waals surface area contributed by atoms with Gasteiger partial charge >= 0.3 is 5.97 Å². The summed E-state index contributed by atoms with van der Waals surface area (Å²) in [5, 5.41) is 19.8. The van der Waals surface area contributed by atoms with Crippen molar-refractivity contribution in [1.29, 1.82) is 5.26 Å². The van der Waals surface area contributed by atoms with E-state index in [9.17, 15) is 14.9 Å². The SMILES string of the molecule is COC(=O)c1c(C#N)cc([N+](=O)[O-])cc1CBr. The number of methoxy groups -OCH3 is 1. The number of nitrogens with zero attached hydrogens (tertiary/aromatic N) is 2. The van der Waals surface area contributed by atoms with Crippen LogP contribution in [0.1, 0.15) is 21.5 Å². The zero-order valence-electron chi connectivity index (χ0n) is 8.77. The van der Waals surface area contributed by atoms with Crippen molar-refractivity contribution >= 4 is 27.6 Å². The fourth-order valence-corrected chi connectivity index (χ4v) is 1.77. The molecule has 0 amide bonds. The number of nitro benzene ring substituents is 1. The minimum absolute atomic E-state index is 0.0532. The highest BCUT2D eigenvalue weighted by Crippen LogP contribution is 2.24. The summed E-state index contributed by atoms with van der Waals surface area (Å²) in [4.78, 5) is 21.5. The lowest BCUT2D eigenvalue weighted by atomic mass is 10.0. The lowest BCUT2D eigenvalue weighted by Gasteiger charge is -2.07. The minimum Gasteiger partial charge on any atom is -0.465 e. The summed E-state index contributed by atoms with van der Waals surface area (Å²) in [6.07, 6.45) is 0. The predicted octanol–water partition coefficient (Wildman–Crippen LogP) is 2.15. The Morgan fingerprint density at radius 1 is 1.65 bits per heavy atom. The average molecular weight is 299 g/mol. The molecule has 0 aromatic heterocycles. The Hall–Kier alpha value is -1.94. The van der Waals surface area contributed by atoms with Gasteiger partial charge in [0.1, 0.15) is 6.07 Å². The van der Waals surface area contributed by atoms with Crippen molar-refractivity contribution in [3.8, 4) is 6.07 Å². The molecule has 88 valence electrons. The summed E-state index contributed by atoms with van der Waals surface area (Å²) in [5.74, 6) is -0.689. The second kappa shape index (κ2) is 5.41. The van der Waals surface area contributed by atoms with E-state index in [1.54, 1.807) is 6.07 Å². The molecule has 1 aromatic rings. The summed E-state index contributed by atoms with van der Waals surface area (Å²) in [7, 11) is 1.18. The molecule has 1 aromatic carbocycles. The summed E-state index contributed by atoms with van der Waals surface area (Å²) < 4.78 is 4.54. The first-order chi connectivity index (χ1) is 8.04. The number of non-ortho nitro benzene ring substituents is 1. The lowest BCUT2D eigenvalue weighted by molar-refractivity contribution is -0.384. The molecular formula is C10H7BrN2O4. The van der Waals surface area contributed by atoms with Crippen LogP contribution in [0, 0.1) is 21.4 Å². The Kier molecular flexibility index (Phi) is 4.17. The molecule has 0 saturated heterocycles. The zero-order valence-corrected chi connectivity index (χ0v) is 10.4. The number of rotatable bonds is 3. The van der Waals surface area contributed by atoms with Crippen LogP contribution in [0.15, 0.2) is 12.1 Å². The predicted molar refractivity (Wildman–Crippen MR) is 61.8 cm³/mol. The van der Waals surface area contributed by atoms with Crippen molar-refractivity contribution in [3.63, 3.8) is 0 Å². The number of esters is 1. The lowest BCUT2D eigenvalue weighted by Crippen LogP contribution is -2.08. The van der Waals surface area contributed by atoms with E-state index in [0.717, 1.165) is 6.07 Å². The van der Waals surface area contributed by atoms with Crippen LogP contribution >= 0.6 is 15.9 Å². The van der Waals surface area contributed by atoms with Crippen molar-refractivity contribution in [2.45, 2.75) is 5.33 Å².